The van der Waals surface area contributed by atoms with Crippen molar-refractivity contribution in [1.29, 1.82) is 0 Å². The first-order valence-corrected chi connectivity index (χ1v) is 7.35. The fourth-order valence-electron chi connectivity index (χ4n) is 2.95. The predicted molar refractivity (Wildman–Crippen MR) is 75.9 cm³/mol. The van der Waals surface area contributed by atoms with E-state index in [2.05, 4.69) is 27.8 Å². The van der Waals surface area contributed by atoms with E-state index < -0.39 is 0 Å². The average molecular weight is 315 g/mol. The molecule has 18 heavy (non-hydrogen) atoms. The zero-order chi connectivity index (χ0) is 13.1. The van der Waals surface area contributed by atoms with Gasteiger partial charge in [0.1, 0.15) is 5.82 Å². The van der Waals surface area contributed by atoms with Crippen LogP contribution in [0.1, 0.15) is 31.4 Å². The summed E-state index contributed by atoms with van der Waals surface area (Å²) in [5.74, 6) is 0.238. The van der Waals surface area contributed by atoms with E-state index in [4.69, 9.17) is 5.73 Å². The molecule has 2 rings (SSSR count). The summed E-state index contributed by atoms with van der Waals surface area (Å²) in [5, 5.41) is 0. The second kappa shape index (κ2) is 6.13. The minimum atomic E-state index is -0.175. The van der Waals surface area contributed by atoms with Gasteiger partial charge in [0.25, 0.3) is 0 Å². The summed E-state index contributed by atoms with van der Waals surface area (Å²) < 4.78 is 14.5. The van der Waals surface area contributed by atoms with Crippen LogP contribution < -0.4 is 5.73 Å². The summed E-state index contributed by atoms with van der Waals surface area (Å²) in [4.78, 5) is 2.40. The van der Waals surface area contributed by atoms with Crippen LogP contribution in [-0.2, 0) is 0 Å². The molecule has 2 N–H and O–H groups in total. The molecule has 0 aliphatic carbocycles. The highest BCUT2D eigenvalue weighted by Gasteiger charge is 2.32. The zero-order valence-electron chi connectivity index (χ0n) is 10.7. The van der Waals surface area contributed by atoms with Gasteiger partial charge in [-0.15, -0.1) is 0 Å². The summed E-state index contributed by atoms with van der Waals surface area (Å²) in [6, 6.07) is 5.16. The lowest BCUT2D eigenvalue weighted by Crippen LogP contribution is -2.41. The van der Waals surface area contributed by atoms with Crippen molar-refractivity contribution in [3.8, 4) is 0 Å². The standard InChI is InChI=1S/C14H20BrFN2/c1-2-18-7-3-4-10(9-17)14(18)12-8-11(16)5-6-13(12)15/h5-6,8,10,14H,2-4,7,9,17H2,1H3. The van der Waals surface area contributed by atoms with E-state index in [1.807, 2.05) is 0 Å². The maximum atomic E-state index is 13.5. The smallest absolute Gasteiger partial charge is 0.123 e. The Bertz CT molecular complexity index is 399. The highest BCUT2D eigenvalue weighted by Crippen LogP contribution is 2.38. The molecule has 2 atom stereocenters. The van der Waals surface area contributed by atoms with Crippen molar-refractivity contribution in [2.24, 2.45) is 11.7 Å². The molecule has 4 heteroatoms. The molecule has 1 saturated heterocycles. The molecule has 0 radical (unpaired) electrons. The van der Waals surface area contributed by atoms with Crippen LogP contribution in [0.15, 0.2) is 22.7 Å². The van der Waals surface area contributed by atoms with Crippen LogP contribution in [0.3, 0.4) is 0 Å². The van der Waals surface area contributed by atoms with Gasteiger partial charge in [0.15, 0.2) is 0 Å². The lowest BCUT2D eigenvalue weighted by molar-refractivity contribution is 0.101. The van der Waals surface area contributed by atoms with Gasteiger partial charge in [-0.3, -0.25) is 4.90 Å². The second-order valence-electron chi connectivity index (χ2n) is 4.88. The van der Waals surface area contributed by atoms with Crippen molar-refractivity contribution in [1.82, 2.24) is 4.90 Å². The molecule has 1 fully saturated rings. The molecule has 1 heterocycles. The number of hydrogen-bond acceptors (Lipinski definition) is 2. The SMILES string of the molecule is CCN1CCCC(CN)C1c1cc(F)ccc1Br. The Hall–Kier alpha value is -0.450. The Balaban J connectivity index is 2.38. The number of likely N-dealkylation sites (tertiary alicyclic amines) is 1. The molecule has 1 aromatic rings. The molecule has 0 aromatic heterocycles. The molecule has 0 spiro atoms. The summed E-state index contributed by atoms with van der Waals surface area (Å²) >= 11 is 3.55. The molecule has 2 nitrogen and oxygen atoms in total. The third-order valence-electron chi connectivity index (χ3n) is 3.85. The van der Waals surface area contributed by atoms with Gasteiger partial charge in [-0.2, -0.15) is 0 Å². The third-order valence-corrected chi connectivity index (χ3v) is 4.57. The van der Waals surface area contributed by atoms with Gasteiger partial charge in [0.05, 0.1) is 0 Å². The number of hydrogen-bond donors (Lipinski definition) is 1. The largest absolute Gasteiger partial charge is 0.330 e. The lowest BCUT2D eigenvalue weighted by Gasteiger charge is -2.41. The quantitative estimate of drug-likeness (QED) is 0.927. The first-order valence-electron chi connectivity index (χ1n) is 6.56. The molecule has 100 valence electrons. The summed E-state index contributed by atoms with van der Waals surface area (Å²) in [6.07, 6.45) is 2.31. The fourth-order valence-corrected chi connectivity index (χ4v) is 3.43. The molecular formula is C14H20BrFN2. The Kier molecular flexibility index (Phi) is 4.76. The monoisotopic (exact) mass is 314 g/mol. The van der Waals surface area contributed by atoms with Crippen LogP contribution in [0.25, 0.3) is 0 Å². The van der Waals surface area contributed by atoms with Gasteiger partial charge in [-0.05, 0) is 62.2 Å². The summed E-state index contributed by atoms with van der Waals surface area (Å²) in [6.45, 7) is 4.86. The maximum Gasteiger partial charge on any atom is 0.123 e. The first-order chi connectivity index (χ1) is 8.67. The normalized spacial score (nSPS) is 25.3. The van der Waals surface area contributed by atoms with E-state index in [1.54, 1.807) is 12.1 Å². The van der Waals surface area contributed by atoms with Crippen molar-refractivity contribution in [2.75, 3.05) is 19.6 Å². The van der Waals surface area contributed by atoms with Gasteiger partial charge in [0.2, 0.25) is 0 Å². The number of rotatable bonds is 3. The number of nitrogens with zero attached hydrogens (tertiary/aromatic N) is 1. The minimum Gasteiger partial charge on any atom is -0.330 e. The van der Waals surface area contributed by atoms with Gasteiger partial charge in [-0.1, -0.05) is 22.9 Å². The number of piperidine rings is 1. The van der Waals surface area contributed by atoms with Crippen LogP contribution in [0.4, 0.5) is 4.39 Å². The van der Waals surface area contributed by atoms with Gasteiger partial charge >= 0.3 is 0 Å². The molecule has 2 unspecified atom stereocenters. The van der Waals surface area contributed by atoms with E-state index in [0.717, 1.165) is 29.5 Å². The van der Waals surface area contributed by atoms with Crippen LogP contribution in [-0.4, -0.2) is 24.5 Å². The molecule has 0 bridgehead atoms. The highest BCUT2D eigenvalue weighted by atomic mass is 79.9. The maximum absolute atomic E-state index is 13.5. The summed E-state index contributed by atoms with van der Waals surface area (Å²) in [7, 11) is 0. The third kappa shape index (κ3) is 2.76. The molecular weight excluding hydrogens is 295 g/mol. The topological polar surface area (TPSA) is 29.3 Å². The van der Waals surface area contributed by atoms with E-state index >= 15 is 0 Å². The van der Waals surface area contributed by atoms with Gasteiger partial charge < -0.3 is 5.73 Å². The van der Waals surface area contributed by atoms with Gasteiger partial charge in [0, 0.05) is 10.5 Å². The molecule has 1 aromatic carbocycles. The molecule has 1 aliphatic heterocycles. The Morgan fingerprint density at radius 3 is 2.94 bits per heavy atom. The minimum absolute atomic E-state index is 0.175. The van der Waals surface area contributed by atoms with Crippen molar-refractivity contribution >= 4 is 15.9 Å². The van der Waals surface area contributed by atoms with Crippen LogP contribution in [0.2, 0.25) is 0 Å². The van der Waals surface area contributed by atoms with E-state index in [9.17, 15) is 4.39 Å². The van der Waals surface area contributed by atoms with Crippen molar-refractivity contribution in [3.05, 3.63) is 34.1 Å². The molecule has 1 aliphatic rings. The van der Waals surface area contributed by atoms with Gasteiger partial charge in [-0.25, -0.2) is 4.39 Å². The molecule has 0 saturated carbocycles. The Morgan fingerprint density at radius 1 is 1.50 bits per heavy atom. The van der Waals surface area contributed by atoms with Crippen molar-refractivity contribution in [2.45, 2.75) is 25.8 Å². The predicted octanol–water partition coefficient (Wildman–Crippen LogP) is 3.32. The Morgan fingerprint density at radius 2 is 2.28 bits per heavy atom. The van der Waals surface area contributed by atoms with Crippen LogP contribution >= 0.6 is 15.9 Å². The highest BCUT2D eigenvalue weighted by molar-refractivity contribution is 9.10. The number of halogens is 2. The van der Waals surface area contributed by atoms with E-state index in [-0.39, 0.29) is 11.9 Å². The summed E-state index contributed by atoms with van der Waals surface area (Å²) in [5.41, 5.74) is 6.93. The first kappa shape index (κ1) is 14.0. The van der Waals surface area contributed by atoms with E-state index in [1.165, 1.54) is 12.5 Å². The van der Waals surface area contributed by atoms with E-state index in [0.29, 0.717) is 12.5 Å². The Labute approximate surface area is 116 Å². The molecule has 0 amide bonds. The lowest BCUT2D eigenvalue weighted by atomic mass is 9.84. The zero-order valence-corrected chi connectivity index (χ0v) is 12.3. The average Bonchev–Trinajstić information content (AvgIpc) is 2.40. The number of benzene rings is 1. The van der Waals surface area contributed by atoms with Crippen molar-refractivity contribution in [3.63, 3.8) is 0 Å². The van der Waals surface area contributed by atoms with Crippen molar-refractivity contribution < 1.29 is 4.39 Å². The second-order valence-corrected chi connectivity index (χ2v) is 5.73. The van der Waals surface area contributed by atoms with Crippen LogP contribution in [0.5, 0.6) is 0 Å². The fraction of sp³-hybridized carbons (Fsp3) is 0.571. The number of nitrogens with two attached hydrogens (primary N) is 1. The van der Waals surface area contributed by atoms with Crippen LogP contribution in [0, 0.1) is 11.7 Å².